The van der Waals surface area contributed by atoms with Gasteiger partial charge in [-0.15, -0.1) is 0 Å². The fraction of sp³-hybridized carbons (Fsp3) is 0.800. The third-order valence-corrected chi connectivity index (χ3v) is 4.70. The Morgan fingerprint density at radius 2 is 2.11 bits per heavy atom. The molecule has 2 rings (SSSR count). The van der Waals surface area contributed by atoms with Gasteiger partial charge in [0, 0.05) is 6.54 Å². The first-order valence-electron chi connectivity index (χ1n) is 7.55. The fourth-order valence-corrected chi connectivity index (χ4v) is 3.54. The van der Waals surface area contributed by atoms with Crippen molar-refractivity contribution >= 4 is 11.6 Å². The quantitative estimate of drug-likeness (QED) is 0.884. The SMILES string of the molecule is CCCn1ncc(Cl)c1C(NC)C1CCC(C)CC1. The normalized spacial score (nSPS) is 25.5. The van der Waals surface area contributed by atoms with Crippen LogP contribution in [0.3, 0.4) is 0 Å². The van der Waals surface area contributed by atoms with Gasteiger partial charge in [-0.1, -0.05) is 38.3 Å². The Labute approximate surface area is 121 Å². The van der Waals surface area contributed by atoms with Crippen LogP contribution in [0.25, 0.3) is 0 Å². The topological polar surface area (TPSA) is 29.9 Å². The highest BCUT2D eigenvalue weighted by molar-refractivity contribution is 6.31. The Balaban J connectivity index is 2.19. The van der Waals surface area contributed by atoms with E-state index in [1.165, 1.54) is 31.4 Å². The van der Waals surface area contributed by atoms with Crippen LogP contribution in [0.1, 0.15) is 57.7 Å². The molecule has 0 aliphatic heterocycles. The lowest BCUT2D eigenvalue weighted by atomic mass is 9.78. The molecule has 1 unspecified atom stereocenters. The third-order valence-electron chi connectivity index (χ3n) is 4.41. The van der Waals surface area contributed by atoms with Gasteiger partial charge in [-0.2, -0.15) is 5.10 Å². The van der Waals surface area contributed by atoms with Crippen LogP contribution in [-0.2, 0) is 6.54 Å². The van der Waals surface area contributed by atoms with Gasteiger partial charge < -0.3 is 5.32 Å². The maximum atomic E-state index is 6.38. The van der Waals surface area contributed by atoms with E-state index in [0.29, 0.717) is 12.0 Å². The number of aryl methyl sites for hydroxylation is 1. The van der Waals surface area contributed by atoms with Gasteiger partial charge in [0.2, 0.25) is 0 Å². The van der Waals surface area contributed by atoms with Crippen LogP contribution in [0.5, 0.6) is 0 Å². The molecular weight excluding hydrogens is 258 g/mol. The van der Waals surface area contributed by atoms with Crippen LogP contribution in [0.2, 0.25) is 5.02 Å². The number of rotatable bonds is 5. The van der Waals surface area contributed by atoms with Crippen LogP contribution >= 0.6 is 11.6 Å². The van der Waals surface area contributed by atoms with Crippen molar-refractivity contribution < 1.29 is 0 Å². The summed E-state index contributed by atoms with van der Waals surface area (Å²) in [6.45, 7) is 5.48. The third kappa shape index (κ3) is 3.32. The maximum Gasteiger partial charge on any atom is 0.0834 e. The van der Waals surface area contributed by atoms with Gasteiger partial charge in [-0.3, -0.25) is 4.68 Å². The minimum atomic E-state index is 0.342. The van der Waals surface area contributed by atoms with Gasteiger partial charge in [-0.05, 0) is 38.1 Å². The van der Waals surface area contributed by atoms with Gasteiger partial charge in [0.25, 0.3) is 0 Å². The minimum absolute atomic E-state index is 0.342. The second kappa shape index (κ2) is 6.76. The van der Waals surface area contributed by atoms with Crippen molar-refractivity contribution in [3.63, 3.8) is 0 Å². The summed E-state index contributed by atoms with van der Waals surface area (Å²) in [5.41, 5.74) is 1.19. The molecule has 0 aromatic carbocycles. The zero-order valence-corrected chi connectivity index (χ0v) is 13.1. The minimum Gasteiger partial charge on any atom is -0.311 e. The second-order valence-corrected chi connectivity index (χ2v) is 6.29. The average Bonchev–Trinajstić information content (AvgIpc) is 2.76. The van der Waals surface area contributed by atoms with Gasteiger partial charge >= 0.3 is 0 Å². The smallest absolute Gasteiger partial charge is 0.0834 e. The summed E-state index contributed by atoms with van der Waals surface area (Å²) in [6.07, 6.45) is 8.14. The predicted octanol–water partition coefficient (Wildman–Crippen LogP) is 4.03. The number of nitrogens with zero attached hydrogens (tertiary/aromatic N) is 2. The van der Waals surface area contributed by atoms with E-state index in [1.807, 2.05) is 7.05 Å². The van der Waals surface area contributed by atoms with Crippen LogP contribution in [-0.4, -0.2) is 16.8 Å². The zero-order chi connectivity index (χ0) is 13.8. The largest absolute Gasteiger partial charge is 0.311 e. The molecule has 0 amide bonds. The van der Waals surface area contributed by atoms with E-state index in [2.05, 4.69) is 28.9 Å². The number of nitrogens with one attached hydrogen (secondary N) is 1. The van der Waals surface area contributed by atoms with Crippen molar-refractivity contribution in [3.05, 3.63) is 16.9 Å². The molecule has 0 saturated heterocycles. The summed E-state index contributed by atoms with van der Waals surface area (Å²) in [5, 5.41) is 8.72. The van der Waals surface area contributed by atoms with E-state index in [1.54, 1.807) is 6.20 Å². The standard InChI is InChI=1S/C15H26ClN3/c1-4-9-19-15(13(16)10-18-19)14(17-3)12-7-5-11(2)6-8-12/h10-12,14,17H,4-9H2,1-3H3. The molecule has 108 valence electrons. The van der Waals surface area contributed by atoms with Crippen molar-refractivity contribution in [3.8, 4) is 0 Å². The molecule has 0 spiro atoms. The maximum absolute atomic E-state index is 6.38. The molecule has 0 radical (unpaired) electrons. The summed E-state index contributed by atoms with van der Waals surface area (Å²) >= 11 is 6.38. The first kappa shape index (κ1) is 14.9. The Bertz CT molecular complexity index is 394. The predicted molar refractivity (Wildman–Crippen MR) is 80.5 cm³/mol. The molecule has 1 saturated carbocycles. The van der Waals surface area contributed by atoms with Crippen molar-refractivity contribution in [1.82, 2.24) is 15.1 Å². The molecule has 0 bridgehead atoms. The number of hydrogen-bond acceptors (Lipinski definition) is 2. The number of hydrogen-bond donors (Lipinski definition) is 1. The Morgan fingerprint density at radius 3 is 2.68 bits per heavy atom. The van der Waals surface area contributed by atoms with Gasteiger partial charge in [-0.25, -0.2) is 0 Å². The first-order chi connectivity index (χ1) is 9.17. The molecule has 1 N–H and O–H groups in total. The molecular formula is C15H26ClN3. The highest BCUT2D eigenvalue weighted by atomic mass is 35.5. The lowest BCUT2D eigenvalue weighted by Crippen LogP contribution is -2.30. The Kier molecular flexibility index (Phi) is 5.28. The van der Waals surface area contributed by atoms with Gasteiger partial charge in [0.15, 0.2) is 0 Å². The van der Waals surface area contributed by atoms with Crippen LogP contribution in [0.15, 0.2) is 6.20 Å². The summed E-state index contributed by atoms with van der Waals surface area (Å²) in [6, 6.07) is 0.342. The van der Waals surface area contributed by atoms with E-state index in [9.17, 15) is 0 Å². The van der Waals surface area contributed by atoms with E-state index >= 15 is 0 Å². The molecule has 1 aliphatic carbocycles. The van der Waals surface area contributed by atoms with Crippen molar-refractivity contribution in [2.75, 3.05) is 7.05 Å². The molecule has 4 heteroatoms. The molecule has 1 fully saturated rings. The number of aromatic nitrogens is 2. The average molecular weight is 284 g/mol. The molecule has 1 aliphatic rings. The van der Waals surface area contributed by atoms with E-state index in [-0.39, 0.29) is 0 Å². The van der Waals surface area contributed by atoms with Gasteiger partial charge in [0.05, 0.1) is 23.0 Å². The molecule has 1 aromatic heterocycles. The van der Waals surface area contributed by atoms with Crippen LogP contribution in [0, 0.1) is 11.8 Å². The number of halogens is 1. The molecule has 19 heavy (non-hydrogen) atoms. The molecule has 3 nitrogen and oxygen atoms in total. The van der Waals surface area contributed by atoms with Crippen molar-refractivity contribution in [1.29, 1.82) is 0 Å². The summed E-state index contributed by atoms with van der Waals surface area (Å²) in [7, 11) is 2.04. The Hall–Kier alpha value is -0.540. The fourth-order valence-electron chi connectivity index (χ4n) is 3.29. The lowest BCUT2D eigenvalue weighted by molar-refractivity contribution is 0.230. The summed E-state index contributed by atoms with van der Waals surface area (Å²) in [5.74, 6) is 1.57. The lowest BCUT2D eigenvalue weighted by Gasteiger charge is -2.33. The van der Waals surface area contributed by atoms with Crippen LogP contribution in [0.4, 0.5) is 0 Å². The summed E-state index contributed by atoms with van der Waals surface area (Å²) < 4.78 is 2.08. The van der Waals surface area contributed by atoms with Crippen molar-refractivity contribution in [2.45, 2.75) is 58.5 Å². The Morgan fingerprint density at radius 1 is 1.42 bits per heavy atom. The molecule has 1 aromatic rings. The monoisotopic (exact) mass is 283 g/mol. The van der Waals surface area contributed by atoms with E-state index < -0.39 is 0 Å². The molecule has 1 atom stereocenters. The highest BCUT2D eigenvalue weighted by Gasteiger charge is 2.29. The highest BCUT2D eigenvalue weighted by Crippen LogP contribution is 2.38. The first-order valence-corrected chi connectivity index (χ1v) is 7.93. The van der Waals surface area contributed by atoms with Gasteiger partial charge in [0.1, 0.15) is 0 Å². The van der Waals surface area contributed by atoms with E-state index in [0.717, 1.165) is 23.9 Å². The molecule has 1 heterocycles. The van der Waals surface area contributed by atoms with E-state index in [4.69, 9.17) is 11.6 Å². The zero-order valence-electron chi connectivity index (χ0n) is 12.3. The second-order valence-electron chi connectivity index (χ2n) is 5.89. The van der Waals surface area contributed by atoms with Crippen molar-refractivity contribution in [2.24, 2.45) is 11.8 Å². The summed E-state index contributed by atoms with van der Waals surface area (Å²) in [4.78, 5) is 0. The van der Waals surface area contributed by atoms with Crippen LogP contribution < -0.4 is 5.32 Å².